The molecule has 23 heavy (non-hydrogen) atoms. The van der Waals surface area contributed by atoms with E-state index in [0.29, 0.717) is 23.4 Å². The minimum Gasteiger partial charge on any atom is -0.458 e. The van der Waals surface area contributed by atoms with Gasteiger partial charge in [0.1, 0.15) is 11.9 Å². The van der Waals surface area contributed by atoms with Crippen LogP contribution in [0.25, 0.3) is 0 Å². The Labute approximate surface area is 137 Å². The molecule has 1 saturated carbocycles. The van der Waals surface area contributed by atoms with E-state index in [0.717, 1.165) is 25.9 Å². The fourth-order valence-corrected chi connectivity index (χ4v) is 4.19. The van der Waals surface area contributed by atoms with Crippen LogP contribution in [0, 0.1) is 17.7 Å². The zero-order valence-electron chi connectivity index (χ0n) is 14.0. The zero-order chi connectivity index (χ0) is 16.6. The molecule has 2 fully saturated rings. The number of carbonyl (C=O) groups is 1. The van der Waals surface area contributed by atoms with Crippen LogP contribution in [0.4, 0.5) is 4.39 Å². The van der Waals surface area contributed by atoms with Gasteiger partial charge in [0.25, 0.3) is 0 Å². The van der Waals surface area contributed by atoms with Crippen molar-refractivity contribution in [3.8, 4) is 0 Å². The van der Waals surface area contributed by atoms with Crippen LogP contribution >= 0.6 is 0 Å². The molecular weight excluding hydrogens is 295 g/mol. The molecule has 0 radical (unpaired) electrons. The summed E-state index contributed by atoms with van der Waals surface area (Å²) in [6.45, 7) is 1.92. The number of rotatable bonds is 3. The van der Waals surface area contributed by atoms with Gasteiger partial charge in [0.15, 0.2) is 0 Å². The highest BCUT2D eigenvalue weighted by Crippen LogP contribution is 2.38. The normalized spacial score (nSPS) is 31.2. The van der Waals surface area contributed by atoms with E-state index in [1.165, 1.54) is 24.3 Å². The van der Waals surface area contributed by atoms with Crippen LogP contribution in [-0.4, -0.2) is 62.1 Å². The van der Waals surface area contributed by atoms with Gasteiger partial charge in [-0.1, -0.05) is 0 Å². The molecule has 126 valence electrons. The maximum atomic E-state index is 13.0. The van der Waals surface area contributed by atoms with Crippen molar-refractivity contribution in [1.29, 1.82) is 0 Å². The lowest BCUT2D eigenvalue weighted by Gasteiger charge is -2.50. The molecule has 0 amide bonds. The summed E-state index contributed by atoms with van der Waals surface area (Å²) < 4.78 is 18.9. The summed E-state index contributed by atoms with van der Waals surface area (Å²) in [6.07, 6.45) is 2.18. The molecule has 0 spiro atoms. The van der Waals surface area contributed by atoms with Gasteiger partial charge < -0.3 is 14.5 Å². The van der Waals surface area contributed by atoms with Crippen molar-refractivity contribution in [3.63, 3.8) is 0 Å². The van der Waals surface area contributed by atoms with Crippen molar-refractivity contribution >= 4 is 5.97 Å². The molecule has 4 atom stereocenters. The second-order valence-corrected chi connectivity index (χ2v) is 7.13. The summed E-state index contributed by atoms with van der Waals surface area (Å²) in [5, 5.41) is 0. The van der Waals surface area contributed by atoms with E-state index < -0.39 is 0 Å². The number of benzene rings is 1. The van der Waals surface area contributed by atoms with Crippen LogP contribution < -0.4 is 0 Å². The fourth-order valence-electron chi connectivity index (χ4n) is 4.19. The van der Waals surface area contributed by atoms with E-state index in [1.54, 1.807) is 0 Å². The first-order valence-electron chi connectivity index (χ1n) is 8.27. The maximum Gasteiger partial charge on any atom is 0.338 e. The number of carbonyl (C=O) groups excluding carboxylic acids is 1. The van der Waals surface area contributed by atoms with Crippen molar-refractivity contribution < 1.29 is 13.9 Å². The molecule has 1 aliphatic carbocycles. The van der Waals surface area contributed by atoms with Crippen molar-refractivity contribution in [2.45, 2.75) is 25.0 Å². The average molecular weight is 320 g/mol. The standard InChI is InChI=1S/C18H25FN2O2/c1-20(2)16-9-6-13-10-21(3)11-15(16)17(13)23-18(22)12-4-7-14(19)8-5-12/h4-5,7-8,13,15-17H,6,9-11H2,1-3H3/t13?,15?,16-,17-/m1/s1. The first kappa shape index (κ1) is 16.4. The van der Waals surface area contributed by atoms with Gasteiger partial charge in [-0.05, 0) is 58.3 Å². The Balaban J connectivity index is 1.77. The Hall–Kier alpha value is -1.46. The van der Waals surface area contributed by atoms with Crippen LogP contribution in [0.2, 0.25) is 0 Å². The summed E-state index contributed by atoms with van der Waals surface area (Å²) in [7, 11) is 6.33. The predicted molar refractivity (Wildman–Crippen MR) is 86.8 cm³/mol. The highest BCUT2D eigenvalue weighted by molar-refractivity contribution is 5.89. The van der Waals surface area contributed by atoms with Crippen molar-refractivity contribution in [2.24, 2.45) is 11.8 Å². The van der Waals surface area contributed by atoms with Gasteiger partial charge in [-0.25, -0.2) is 9.18 Å². The third kappa shape index (κ3) is 3.40. The highest BCUT2D eigenvalue weighted by atomic mass is 19.1. The summed E-state index contributed by atoms with van der Waals surface area (Å²) in [5.41, 5.74) is 0.421. The summed E-state index contributed by atoms with van der Waals surface area (Å²) in [5.74, 6) is 0.0330. The Morgan fingerprint density at radius 2 is 1.91 bits per heavy atom. The number of nitrogens with zero attached hydrogens (tertiary/aromatic N) is 2. The summed E-state index contributed by atoms with van der Waals surface area (Å²) in [4.78, 5) is 17.0. The third-order valence-corrected chi connectivity index (χ3v) is 5.27. The lowest BCUT2D eigenvalue weighted by atomic mass is 9.72. The van der Waals surface area contributed by atoms with Gasteiger partial charge >= 0.3 is 5.97 Å². The number of piperidine rings is 1. The molecule has 0 aromatic heterocycles. The smallest absolute Gasteiger partial charge is 0.338 e. The molecule has 5 heteroatoms. The van der Waals surface area contributed by atoms with Crippen LogP contribution in [0.1, 0.15) is 23.2 Å². The van der Waals surface area contributed by atoms with Crippen molar-refractivity contribution in [3.05, 3.63) is 35.6 Å². The van der Waals surface area contributed by atoms with Crippen LogP contribution in [-0.2, 0) is 4.74 Å². The van der Waals surface area contributed by atoms with Crippen LogP contribution in [0.3, 0.4) is 0 Å². The van der Waals surface area contributed by atoms with E-state index in [1.807, 2.05) is 0 Å². The van der Waals surface area contributed by atoms with E-state index in [4.69, 9.17) is 4.74 Å². The lowest BCUT2D eigenvalue weighted by molar-refractivity contribution is -0.0873. The summed E-state index contributed by atoms with van der Waals surface area (Å²) >= 11 is 0. The van der Waals surface area contributed by atoms with Gasteiger partial charge in [-0.15, -0.1) is 0 Å². The zero-order valence-corrected chi connectivity index (χ0v) is 14.0. The first-order valence-corrected chi connectivity index (χ1v) is 8.27. The first-order chi connectivity index (χ1) is 11.0. The number of esters is 1. The van der Waals surface area contributed by atoms with Gasteiger partial charge in [0.2, 0.25) is 0 Å². The second kappa shape index (κ2) is 6.57. The monoisotopic (exact) mass is 320 g/mol. The quantitative estimate of drug-likeness (QED) is 0.800. The lowest BCUT2D eigenvalue weighted by Crippen LogP contribution is -2.59. The molecule has 1 aromatic carbocycles. The third-order valence-electron chi connectivity index (χ3n) is 5.27. The summed E-state index contributed by atoms with van der Waals surface area (Å²) in [6, 6.07) is 6.01. The van der Waals surface area contributed by atoms with Gasteiger partial charge in [0, 0.05) is 31.0 Å². The minimum absolute atomic E-state index is 0.0510. The molecular formula is C18H25FN2O2. The predicted octanol–water partition coefficient (Wildman–Crippen LogP) is 2.25. The molecule has 1 aliphatic heterocycles. The number of hydrogen-bond donors (Lipinski definition) is 0. The largest absolute Gasteiger partial charge is 0.458 e. The Kier molecular flexibility index (Phi) is 4.69. The molecule has 2 unspecified atom stereocenters. The number of fused-ring (bicyclic) bond motifs is 2. The molecule has 1 aromatic rings. The molecule has 4 nitrogen and oxygen atoms in total. The molecule has 3 rings (SSSR count). The second-order valence-electron chi connectivity index (χ2n) is 7.13. The minimum atomic E-state index is -0.342. The average Bonchev–Trinajstić information content (AvgIpc) is 2.48. The Bertz CT molecular complexity index is 561. The molecule has 1 saturated heterocycles. The fraction of sp³-hybridized carbons (Fsp3) is 0.611. The Morgan fingerprint density at radius 3 is 2.57 bits per heavy atom. The number of ether oxygens (including phenoxy) is 1. The number of likely N-dealkylation sites (tertiary alicyclic amines) is 1. The van der Waals surface area contributed by atoms with E-state index in [-0.39, 0.29) is 17.9 Å². The van der Waals surface area contributed by atoms with E-state index in [2.05, 4.69) is 30.9 Å². The van der Waals surface area contributed by atoms with Crippen molar-refractivity contribution in [2.75, 3.05) is 34.2 Å². The van der Waals surface area contributed by atoms with Crippen molar-refractivity contribution in [1.82, 2.24) is 9.80 Å². The van der Waals surface area contributed by atoms with Crippen LogP contribution in [0.15, 0.2) is 24.3 Å². The number of hydrogen-bond acceptors (Lipinski definition) is 4. The van der Waals surface area contributed by atoms with Crippen LogP contribution in [0.5, 0.6) is 0 Å². The van der Waals surface area contributed by atoms with Gasteiger partial charge in [-0.2, -0.15) is 0 Å². The topological polar surface area (TPSA) is 32.8 Å². The van der Waals surface area contributed by atoms with Gasteiger partial charge in [0.05, 0.1) is 5.56 Å². The number of halogens is 1. The molecule has 2 bridgehead atoms. The molecule has 1 heterocycles. The van der Waals surface area contributed by atoms with E-state index in [9.17, 15) is 9.18 Å². The molecule has 0 N–H and O–H groups in total. The van der Waals surface area contributed by atoms with E-state index >= 15 is 0 Å². The highest BCUT2D eigenvalue weighted by Gasteiger charge is 2.46. The van der Waals surface area contributed by atoms with Gasteiger partial charge in [-0.3, -0.25) is 0 Å². The molecule has 2 aliphatic rings. The maximum absolute atomic E-state index is 13.0. The SMILES string of the molecule is CN1CC2CC[C@@H](N(C)C)C(C1)[C@@H]2OC(=O)c1ccc(F)cc1. The Morgan fingerprint density at radius 1 is 1.22 bits per heavy atom.